The second kappa shape index (κ2) is 7.24. The summed E-state index contributed by atoms with van der Waals surface area (Å²) in [6.07, 6.45) is 11.4. The van der Waals surface area contributed by atoms with E-state index in [4.69, 9.17) is 0 Å². The Morgan fingerprint density at radius 3 is 2.36 bits per heavy atom. The summed E-state index contributed by atoms with van der Waals surface area (Å²) in [5.41, 5.74) is 0.458. The standard InChI is InChI=1S/C26H42O2/c1-16(2)7-6-8-17(3)19-9-10-20-23-21(12-14-25(19,20)4)26(5)13-11-18(27)15-22(26)24(23)28/h16-17,19-23H,6-15H2,1-5H3/t17-,19-,20-,21+,22+,23+,25+,26+/m0/s1. The van der Waals surface area contributed by atoms with Crippen LogP contribution < -0.4 is 0 Å². The molecule has 0 spiro atoms. The zero-order valence-corrected chi connectivity index (χ0v) is 18.9. The number of fused-ring (bicyclic) bond motifs is 5. The molecule has 2 heteroatoms. The predicted molar refractivity (Wildman–Crippen MR) is 114 cm³/mol. The van der Waals surface area contributed by atoms with E-state index in [2.05, 4.69) is 34.6 Å². The Labute approximate surface area is 172 Å². The summed E-state index contributed by atoms with van der Waals surface area (Å²) >= 11 is 0. The van der Waals surface area contributed by atoms with Gasteiger partial charge in [-0.25, -0.2) is 0 Å². The molecule has 4 rings (SSSR count). The fourth-order valence-corrected chi connectivity index (χ4v) is 8.55. The molecule has 2 nitrogen and oxygen atoms in total. The van der Waals surface area contributed by atoms with Gasteiger partial charge >= 0.3 is 0 Å². The Balaban J connectivity index is 1.53. The minimum Gasteiger partial charge on any atom is -0.300 e. The van der Waals surface area contributed by atoms with E-state index in [0.29, 0.717) is 41.7 Å². The Kier molecular flexibility index (Phi) is 5.33. The van der Waals surface area contributed by atoms with E-state index in [1.54, 1.807) is 0 Å². The van der Waals surface area contributed by atoms with Crippen LogP contribution in [0.5, 0.6) is 0 Å². The van der Waals surface area contributed by atoms with Gasteiger partial charge in [-0.1, -0.05) is 53.9 Å². The molecule has 4 saturated carbocycles. The van der Waals surface area contributed by atoms with Crippen LogP contribution in [0.25, 0.3) is 0 Å². The average Bonchev–Trinajstić information content (AvgIpc) is 3.08. The molecule has 0 unspecified atom stereocenters. The van der Waals surface area contributed by atoms with Gasteiger partial charge in [0.25, 0.3) is 0 Å². The number of carbonyl (C=O) groups excluding carboxylic acids is 2. The van der Waals surface area contributed by atoms with E-state index < -0.39 is 0 Å². The van der Waals surface area contributed by atoms with E-state index >= 15 is 0 Å². The zero-order chi connectivity index (χ0) is 20.3. The van der Waals surface area contributed by atoms with Gasteiger partial charge in [0.1, 0.15) is 11.6 Å². The molecule has 0 amide bonds. The minimum atomic E-state index is 0.0358. The quantitative estimate of drug-likeness (QED) is 0.543. The second-order valence-corrected chi connectivity index (χ2v) is 12.0. The molecule has 0 heterocycles. The van der Waals surface area contributed by atoms with Crippen LogP contribution in [-0.2, 0) is 9.59 Å². The fourth-order valence-electron chi connectivity index (χ4n) is 8.55. The van der Waals surface area contributed by atoms with Crippen LogP contribution in [0.3, 0.4) is 0 Å². The largest absolute Gasteiger partial charge is 0.300 e. The Morgan fingerprint density at radius 2 is 1.64 bits per heavy atom. The van der Waals surface area contributed by atoms with Gasteiger partial charge in [-0.05, 0) is 72.5 Å². The molecule has 0 N–H and O–H groups in total. The lowest BCUT2D eigenvalue weighted by Crippen LogP contribution is -2.45. The van der Waals surface area contributed by atoms with Crippen molar-refractivity contribution in [1.82, 2.24) is 0 Å². The van der Waals surface area contributed by atoms with Crippen LogP contribution in [0.4, 0.5) is 0 Å². The predicted octanol–water partition coefficient (Wildman–Crippen LogP) is 6.47. The van der Waals surface area contributed by atoms with Crippen LogP contribution in [-0.4, -0.2) is 11.6 Å². The Bertz CT molecular complexity index is 636. The van der Waals surface area contributed by atoms with Crippen LogP contribution in [0.1, 0.15) is 98.8 Å². The highest BCUT2D eigenvalue weighted by molar-refractivity contribution is 5.93. The van der Waals surface area contributed by atoms with Crippen molar-refractivity contribution in [3.63, 3.8) is 0 Å². The first kappa shape index (κ1) is 20.6. The molecule has 0 aromatic rings. The molecular formula is C26H42O2. The van der Waals surface area contributed by atoms with Crippen molar-refractivity contribution in [2.75, 3.05) is 0 Å². The maximum absolute atomic E-state index is 13.6. The lowest BCUT2D eigenvalue weighted by molar-refractivity contribution is -0.134. The lowest BCUT2D eigenvalue weighted by Gasteiger charge is -2.50. The highest BCUT2D eigenvalue weighted by Gasteiger charge is 2.66. The molecule has 0 aromatic heterocycles. The fraction of sp³-hybridized carbons (Fsp3) is 0.923. The van der Waals surface area contributed by atoms with E-state index in [1.807, 2.05) is 0 Å². The first-order valence-corrected chi connectivity index (χ1v) is 12.2. The van der Waals surface area contributed by atoms with E-state index in [1.165, 1.54) is 44.9 Å². The number of hydrogen-bond acceptors (Lipinski definition) is 2. The van der Waals surface area contributed by atoms with Gasteiger partial charge in [-0.2, -0.15) is 0 Å². The SMILES string of the molecule is CC(C)CCC[C@H](C)[C@@H]1CC[C@H]2[C@H]3C(=O)[C@H]4CC(=O)CC[C@]4(C)[C@@H]3CC[C@@]21C. The zero-order valence-electron chi connectivity index (χ0n) is 18.9. The van der Waals surface area contributed by atoms with Crippen LogP contribution in [0.2, 0.25) is 0 Å². The summed E-state index contributed by atoms with van der Waals surface area (Å²) in [5.74, 6) is 4.61. The van der Waals surface area contributed by atoms with Crippen molar-refractivity contribution in [2.45, 2.75) is 98.8 Å². The summed E-state index contributed by atoms with van der Waals surface area (Å²) < 4.78 is 0. The van der Waals surface area contributed by atoms with Gasteiger partial charge in [0.15, 0.2) is 0 Å². The molecule has 4 aliphatic rings. The van der Waals surface area contributed by atoms with E-state index in [9.17, 15) is 9.59 Å². The van der Waals surface area contributed by atoms with Crippen molar-refractivity contribution in [3.05, 3.63) is 0 Å². The van der Waals surface area contributed by atoms with Crippen molar-refractivity contribution in [1.29, 1.82) is 0 Å². The third-order valence-electron chi connectivity index (χ3n) is 10.2. The van der Waals surface area contributed by atoms with Gasteiger partial charge in [0, 0.05) is 24.7 Å². The van der Waals surface area contributed by atoms with Crippen molar-refractivity contribution in [3.8, 4) is 0 Å². The summed E-state index contributed by atoms with van der Waals surface area (Å²) in [6, 6.07) is 0. The highest BCUT2D eigenvalue weighted by atomic mass is 16.1. The molecular weight excluding hydrogens is 344 g/mol. The number of rotatable bonds is 5. The second-order valence-electron chi connectivity index (χ2n) is 12.0. The molecule has 0 bridgehead atoms. The maximum Gasteiger partial charge on any atom is 0.140 e. The number of carbonyl (C=O) groups is 2. The first-order valence-electron chi connectivity index (χ1n) is 12.2. The van der Waals surface area contributed by atoms with Gasteiger partial charge < -0.3 is 0 Å². The average molecular weight is 387 g/mol. The topological polar surface area (TPSA) is 34.1 Å². The van der Waals surface area contributed by atoms with Crippen molar-refractivity contribution >= 4 is 11.6 Å². The molecule has 0 radical (unpaired) electrons. The summed E-state index contributed by atoms with van der Waals surface area (Å²) in [7, 11) is 0. The third-order valence-corrected chi connectivity index (χ3v) is 10.2. The van der Waals surface area contributed by atoms with Gasteiger partial charge in [0.2, 0.25) is 0 Å². The van der Waals surface area contributed by atoms with Crippen molar-refractivity contribution < 1.29 is 9.59 Å². The van der Waals surface area contributed by atoms with Gasteiger partial charge in [-0.15, -0.1) is 0 Å². The molecule has 28 heavy (non-hydrogen) atoms. The summed E-state index contributed by atoms with van der Waals surface area (Å²) in [5, 5.41) is 0. The Hall–Kier alpha value is -0.660. The molecule has 158 valence electrons. The smallest absolute Gasteiger partial charge is 0.140 e. The monoisotopic (exact) mass is 386 g/mol. The summed E-state index contributed by atoms with van der Waals surface area (Å²) in [6.45, 7) is 12.0. The normalized spacial score (nSPS) is 46.4. The van der Waals surface area contributed by atoms with Gasteiger partial charge in [-0.3, -0.25) is 9.59 Å². The lowest BCUT2D eigenvalue weighted by atomic mass is 9.53. The van der Waals surface area contributed by atoms with Crippen LogP contribution >= 0.6 is 0 Å². The molecule has 4 aliphatic carbocycles. The maximum atomic E-state index is 13.6. The third kappa shape index (κ3) is 3.03. The highest BCUT2D eigenvalue weighted by Crippen LogP contribution is 2.69. The molecule has 0 saturated heterocycles. The molecule has 8 atom stereocenters. The number of ketones is 2. The number of Topliss-reactive ketones (excluding diaryl/α,β-unsaturated/α-hetero) is 2. The van der Waals surface area contributed by atoms with Gasteiger partial charge in [0.05, 0.1) is 0 Å². The molecule has 4 fully saturated rings. The first-order chi connectivity index (χ1) is 13.2. The van der Waals surface area contributed by atoms with Crippen LogP contribution in [0, 0.1) is 52.3 Å². The Morgan fingerprint density at radius 1 is 0.929 bits per heavy atom. The minimum absolute atomic E-state index is 0.0358. The summed E-state index contributed by atoms with van der Waals surface area (Å²) in [4.78, 5) is 25.7. The molecule has 0 aliphatic heterocycles. The van der Waals surface area contributed by atoms with Crippen molar-refractivity contribution in [2.24, 2.45) is 52.3 Å². The molecule has 0 aromatic carbocycles. The number of hydrogen-bond donors (Lipinski definition) is 0. The van der Waals surface area contributed by atoms with E-state index in [-0.39, 0.29) is 17.3 Å². The van der Waals surface area contributed by atoms with Crippen LogP contribution in [0.15, 0.2) is 0 Å². The van der Waals surface area contributed by atoms with E-state index in [0.717, 1.165) is 24.2 Å².